The molecule has 7 nitrogen and oxygen atoms in total. The Balaban J connectivity index is 1.93. The van der Waals surface area contributed by atoms with E-state index in [1.54, 1.807) is 32.0 Å². The third-order valence-electron chi connectivity index (χ3n) is 5.99. The number of hydrogen-bond donors (Lipinski definition) is 0. The lowest BCUT2D eigenvalue weighted by Gasteiger charge is -2.40. The summed E-state index contributed by atoms with van der Waals surface area (Å²) in [4.78, 5) is 30.2. The van der Waals surface area contributed by atoms with E-state index in [4.69, 9.17) is 0 Å². The molecule has 0 aromatic heterocycles. The van der Waals surface area contributed by atoms with Gasteiger partial charge in [0.05, 0.1) is 16.3 Å². The third kappa shape index (κ3) is 4.38. The van der Waals surface area contributed by atoms with Gasteiger partial charge < -0.3 is 9.80 Å². The molecular weight excluding hydrogens is 422 g/mol. The van der Waals surface area contributed by atoms with Crippen LogP contribution in [0.1, 0.15) is 47.0 Å². The second-order valence-corrected chi connectivity index (χ2v) is 10.9. The van der Waals surface area contributed by atoms with Crippen LogP contribution < -0.4 is 4.90 Å². The number of amides is 2. The Hall–Kier alpha value is -1.58. The zero-order valence-electron chi connectivity index (χ0n) is 18.1. The summed E-state index contributed by atoms with van der Waals surface area (Å²) in [6.45, 7) is 8.37. The Labute approximate surface area is 183 Å². The van der Waals surface area contributed by atoms with Crippen molar-refractivity contribution in [1.82, 2.24) is 9.21 Å². The molecule has 2 amide bonds. The molecule has 2 atom stereocenters. The normalized spacial score (nSPS) is 22.4. The third-order valence-corrected chi connectivity index (χ3v) is 9.08. The van der Waals surface area contributed by atoms with Crippen molar-refractivity contribution in [3.8, 4) is 0 Å². The van der Waals surface area contributed by atoms with E-state index in [2.05, 4.69) is 0 Å². The first-order valence-corrected chi connectivity index (χ1v) is 13.0. The van der Waals surface area contributed by atoms with E-state index in [1.807, 2.05) is 18.7 Å². The zero-order valence-corrected chi connectivity index (χ0v) is 19.8. The highest BCUT2D eigenvalue weighted by molar-refractivity contribution is 8.00. The van der Waals surface area contributed by atoms with E-state index in [1.165, 1.54) is 21.0 Å². The maximum atomic E-state index is 13.1. The van der Waals surface area contributed by atoms with Gasteiger partial charge in [-0.3, -0.25) is 9.59 Å². The number of carbonyl (C=O) groups is 2. The van der Waals surface area contributed by atoms with Gasteiger partial charge in [0.1, 0.15) is 6.54 Å². The van der Waals surface area contributed by atoms with Crippen molar-refractivity contribution in [1.29, 1.82) is 0 Å². The van der Waals surface area contributed by atoms with Gasteiger partial charge >= 0.3 is 0 Å². The fourth-order valence-electron chi connectivity index (χ4n) is 4.36. The fraction of sp³-hybridized carbons (Fsp3) is 0.619. The number of rotatable bonds is 6. The summed E-state index contributed by atoms with van der Waals surface area (Å²) in [5.74, 6) is -0.0125. The van der Waals surface area contributed by atoms with Crippen LogP contribution >= 0.6 is 11.8 Å². The van der Waals surface area contributed by atoms with Crippen LogP contribution in [0, 0.1) is 0 Å². The van der Waals surface area contributed by atoms with E-state index in [-0.39, 0.29) is 41.1 Å². The molecule has 0 radical (unpaired) electrons. The molecule has 2 heterocycles. The van der Waals surface area contributed by atoms with Crippen LogP contribution in [0.2, 0.25) is 0 Å². The van der Waals surface area contributed by atoms with Gasteiger partial charge in [-0.15, -0.1) is 11.8 Å². The van der Waals surface area contributed by atoms with Gasteiger partial charge in [-0.1, -0.05) is 13.8 Å². The standard InChI is InChI=1S/C21H31N3O4S2/c1-5-22(6-2)30(27,28)17-10-11-19-18(12-17)23(21(26)14-29-19)13-20(25)24-15(3)8-7-9-16(24)4/h10-12,15-16H,5-9,13-14H2,1-4H3/t15-,16+. The van der Waals surface area contributed by atoms with Crippen LogP contribution in [0.5, 0.6) is 0 Å². The average Bonchev–Trinajstić information content (AvgIpc) is 2.70. The lowest BCUT2D eigenvalue weighted by molar-refractivity contribution is -0.136. The maximum Gasteiger partial charge on any atom is 0.243 e. The molecular formula is C21H31N3O4S2. The van der Waals surface area contributed by atoms with E-state index in [9.17, 15) is 18.0 Å². The number of nitrogens with zero attached hydrogens (tertiary/aromatic N) is 3. The molecule has 30 heavy (non-hydrogen) atoms. The summed E-state index contributed by atoms with van der Waals surface area (Å²) < 4.78 is 27.3. The summed E-state index contributed by atoms with van der Waals surface area (Å²) >= 11 is 1.38. The van der Waals surface area contributed by atoms with Crippen LogP contribution in [0.4, 0.5) is 5.69 Å². The van der Waals surface area contributed by atoms with Gasteiger partial charge in [0.2, 0.25) is 21.8 Å². The number of fused-ring (bicyclic) bond motifs is 1. The second kappa shape index (κ2) is 9.28. The van der Waals surface area contributed by atoms with Crippen molar-refractivity contribution < 1.29 is 18.0 Å². The van der Waals surface area contributed by atoms with E-state index in [0.717, 1.165) is 24.2 Å². The Bertz CT molecular complexity index is 905. The number of anilines is 1. The first kappa shape index (κ1) is 23.1. The number of piperidine rings is 1. The molecule has 2 aliphatic rings. The predicted octanol–water partition coefficient (Wildman–Crippen LogP) is 2.95. The van der Waals surface area contributed by atoms with Crippen molar-refractivity contribution in [2.75, 3.05) is 30.3 Å². The Morgan fingerprint density at radius 3 is 2.40 bits per heavy atom. The molecule has 3 rings (SSSR count). The lowest BCUT2D eigenvalue weighted by Crippen LogP contribution is -2.52. The molecule has 0 spiro atoms. The largest absolute Gasteiger partial charge is 0.336 e. The quantitative estimate of drug-likeness (QED) is 0.662. The van der Waals surface area contributed by atoms with Gasteiger partial charge in [-0.05, 0) is 51.3 Å². The number of carbonyl (C=O) groups excluding carboxylic acids is 2. The number of sulfonamides is 1. The molecule has 1 fully saturated rings. The van der Waals surface area contributed by atoms with Gasteiger partial charge in [0.25, 0.3) is 0 Å². The van der Waals surface area contributed by atoms with Crippen molar-refractivity contribution in [3.05, 3.63) is 18.2 Å². The number of hydrogen-bond acceptors (Lipinski definition) is 5. The van der Waals surface area contributed by atoms with E-state index < -0.39 is 10.0 Å². The molecule has 1 aromatic rings. The van der Waals surface area contributed by atoms with Gasteiger partial charge in [-0.25, -0.2) is 8.42 Å². The number of benzene rings is 1. The maximum absolute atomic E-state index is 13.1. The smallest absolute Gasteiger partial charge is 0.243 e. The Morgan fingerprint density at radius 1 is 1.17 bits per heavy atom. The fourth-order valence-corrected chi connectivity index (χ4v) is 6.75. The van der Waals surface area contributed by atoms with Crippen molar-refractivity contribution in [3.63, 3.8) is 0 Å². The van der Waals surface area contributed by atoms with Crippen LogP contribution in [0.25, 0.3) is 0 Å². The van der Waals surface area contributed by atoms with Crippen molar-refractivity contribution in [2.45, 2.75) is 68.8 Å². The minimum Gasteiger partial charge on any atom is -0.336 e. The topological polar surface area (TPSA) is 78.0 Å². The highest BCUT2D eigenvalue weighted by atomic mass is 32.2. The van der Waals surface area contributed by atoms with Crippen molar-refractivity contribution in [2.24, 2.45) is 0 Å². The molecule has 0 unspecified atom stereocenters. The summed E-state index contributed by atoms with van der Waals surface area (Å²) in [6, 6.07) is 5.16. The molecule has 0 bridgehead atoms. The lowest BCUT2D eigenvalue weighted by atomic mass is 9.97. The monoisotopic (exact) mass is 453 g/mol. The summed E-state index contributed by atoms with van der Waals surface area (Å²) in [6.07, 6.45) is 3.02. The van der Waals surface area contributed by atoms with Crippen LogP contribution in [0.15, 0.2) is 28.0 Å². The molecule has 0 aliphatic carbocycles. The summed E-state index contributed by atoms with van der Waals surface area (Å²) in [5.41, 5.74) is 0.509. The van der Waals surface area contributed by atoms with Gasteiger partial charge in [0.15, 0.2) is 0 Å². The molecule has 9 heteroatoms. The Kier molecular flexibility index (Phi) is 7.14. The van der Waals surface area contributed by atoms with Crippen LogP contribution in [-0.2, 0) is 19.6 Å². The zero-order chi connectivity index (χ0) is 22.1. The first-order valence-electron chi connectivity index (χ1n) is 10.6. The molecule has 2 aliphatic heterocycles. The predicted molar refractivity (Wildman–Crippen MR) is 119 cm³/mol. The number of likely N-dealkylation sites (tertiary alicyclic amines) is 1. The number of thioether (sulfide) groups is 1. The minimum absolute atomic E-state index is 0.0597. The highest BCUT2D eigenvalue weighted by Gasteiger charge is 2.34. The van der Waals surface area contributed by atoms with Gasteiger partial charge in [0, 0.05) is 30.1 Å². The second-order valence-electron chi connectivity index (χ2n) is 7.92. The Morgan fingerprint density at radius 2 is 1.80 bits per heavy atom. The van der Waals surface area contributed by atoms with E-state index >= 15 is 0 Å². The minimum atomic E-state index is -3.65. The van der Waals surface area contributed by atoms with E-state index in [0.29, 0.717) is 18.8 Å². The van der Waals surface area contributed by atoms with Crippen LogP contribution in [-0.4, -0.2) is 66.9 Å². The molecule has 1 aromatic carbocycles. The molecule has 166 valence electrons. The SMILES string of the molecule is CCN(CC)S(=O)(=O)c1ccc2c(c1)N(CC(=O)N1[C@H](C)CCC[C@@H]1C)C(=O)CS2. The highest BCUT2D eigenvalue weighted by Crippen LogP contribution is 2.37. The molecule has 0 saturated carbocycles. The van der Waals surface area contributed by atoms with Crippen LogP contribution in [0.3, 0.4) is 0 Å². The molecule has 1 saturated heterocycles. The summed E-state index contributed by atoms with van der Waals surface area (Å²) in [5, 5.41) is 0. The molecule has 0 N–H and O–H groups in total. The average molecular weight is 454 g/mol. The van der Waals surface area contributed by atoms with Crippen molar-refractivity contribution >= 4 is 39.3 Å². The first-order chi connectivity index (χ1) is 14.2. The summed E-state index contributed by atoms with van der Waals surface area (Å²) in [7, 11) is -3.65. The van der Waals surface area contributed by atoms with Gasteiger partial charge in [-0.2, -0.15) is 4.31 Å².